The van der Waals surface area contributed by atoms with Gasteiger partial charge in [-0.3, -0.25) is 9.36 Å². The molecule has 0 saturated carbocycles. The Labute approximate surface area is 121 Å². The van der Waals surface area contributed by atoms with Crippen molar-refractivity contribution in [2.24, 2.45) is 0 Å². The number of carbonyl (C=O) groups is 1. The first-order chi connectivity index (χ1) is 10.1. The van der Waals surface area contributed by atoms with Crippen molar-refractivity contribution in [2.45, 2.75) is 19.9 Å². The van der Waals surface area contributed by atoms with E-state index in [0.717, 1.165) is 6.42 Å². The Kier molecular flexibility index (Phi) is 4.29. The number of rotatable bonds is 5. The Morgan fingerprint density at radius 1 is 1.43 bits per heavy atom. The van der Waals surface area contributed by atoms with E-state index < -0.39 is 5.97 Å². The molecule has 0 aliphatic carbocycles. The molecule has 0 spiro atoms. The number of fused-ring (bicyclic) bond motifs is 1. The minimum atomic E-state index is -1.05. The van der Waals surface area contributed by atoms with Gasteiger partial charge in [-0.25, -0.2) is 4.79 Å². The van der Waals surface area contributed by atoms with E-state index in [1.165, 1.54) is 22.8 Å². The third-order valence-electron chi connectivity index (χ3n) is 3.00. The highest BCUT2D eigenvalue weighted by molar-refractivity contribution is 5.96. The van der Waals surface area contributed by atoms with Gasteiger partial charge in [-0.05, 0) is 24.6 Å². The fourth-order valence-corrected chi connectivity index (χ4v) is 2.10. The minimum absolute atomic E-state index is 0.102. The molecule has 2 aromatic rings. The maximum Gasteiger partial charge on any atom is 0.335 e. The number of hydrogen-bond acceptors (Lipinski definition) is 3. The summed E-state index contributed by atoms with van der Waals surface area (Å²) >= 11 is 0. The summed E-state index contributed by atoms with van der Waals surface area (Å²) in [6.07, 6.45) is 6.07. The molecular formula is C16H15NO4. The molecular weight excluding hydrogens is 270 g/mol. The van der Waals surface area contributed by atoms with Crippen LogP contribution in [0.4, 0.5) is 0 Å². The van der Waals surface area contributed by atoms with Crippen molar-refractivity contribution in [3.05, 3.63) is 40.2 Å². The van der Waals surface area contributed by atoms with Gasteiger partial charge in [-0.2, -0.15) is 0 Å². The third kappa shape index (κ3) is 2.90. The second kappa shape index (κ2) is 6.14. The molecule has 0 fully saturated rings. The molecule has 2 rings (SSSR count). The van der Waals surface area contributed by atoms with Gasteiger partial charge >= 0.3 is 5.97 Å². The molecule has 108 valence electrons. The van der Waals surface area contributed by atoms with E-state index in [9.17, 15) is 9.59 Å². The van der Waals surface area contributed by atoms with Gasteiger partial charge in [0.15, 0.2) is 0 Å². The van der Waals surface area contributed by atoms with Crippen LogP contribution >= 0.6 is 0 Å². The highest BCUT2D eigenvalue weighted by Gasteiger charge is 2.14. The Balaban J connectivity index is 2.79. The molecule has 0 aliphatic rings. The standard InChI is InChI=1S/C16H15NO4/c1-3-7-17-14(18)6-5-11-9-12(16(19)20)10-13(15(11)17)21-8-4-2/h1,5-6,9-10H,4,7-8H2,2H3,(H,19,20). The summed E-state index contributed by atoms with van der Waals surface area (Å²) in [7, 11) is 0. The van der Waals surface area contributed by atoms with Gasteiger partial charge in [0.25, 0.3) is 5.56 Å². The first-order valence-corrected chi connectivity index (χ1v) is 6.55. The molecule has 1 aromatic carbocycles. The Morgan fingerprint density at radius 2 is 2.19 bits per heavy atom. The van der Waals surface area contributed by atoms with Crippen LogP contribution in [0.5, 0.6) is 5.75 Å². The molecule has 0 bridgehead atoms. The molecule has 5 heteroatoms. The molecule has 0 amide bonds. The van der Waals surface area contributed by atoms with Crippen LogP contribution in [0, 0.1) is 12.3 Å². The smallest absolute Gasteiger partial charge is 0.335 e. The number of nitrogens with zero attached hydrogens (tertiary/aromatic N) is 1. The van der Waals surface area contributed by atoms with Crippen LogP contribution in [-0.2, 0) is 6.54 Å². The van der Waals surface area contributed by atoms with Gasteiger partial charge in [0.2, 0.25) is 0 Å². The average Bonchev–Trinajstić information content (AvgIpc) is 2.47. The van der Waals surface area contributed by atoms with Crippen LogP contribution in [-0.4, -0.2) is 22.2 Å². The molecule has 5 nitrogen and oxygen atoms in total. The summed E-state index contributed by atoms with van der Waals surface area (Å²) in [5, 5.41) is 9.77. The largest absolute Gasteiger partial charge is 0.491 e. The first-order valence-electron chi connectivity index (χ1n) is 6.55. The summed E-state index contributed by atoms with van der Waals surface area (Å²) in [6, 6.07) is 5.88. The Bertz CT molecular complexity index is 783. The van der Waals surface area contributed by atoms with Gasteiger partial charge in [0.1, 0.15) is 5.75 Å². The van der Waals surface area contributed by atoms with Crippen molar-refractivity contribution >= 4 is 16.9 Å². The number of pyridine rings is 1. The Hall–Kier alpha value is -2.74. The van der Waals surface area contributed by atoms with Crippen LogP contribution in [0.25, 0.3) is 10.9 Å². The van der Waals surface area contributed by atoms with Crippen molar-refractivity contribution < 1.29 is 14.6 Å². The van der Waals surface area contributed by atoms with Crippen LogP contribution < -0.4 is 10.3 Å². The monoisotopic (exact) mass is 285 g/mol. The molecule has 1 aromatic heterocycles. The van der Waals surface area contributed by atoms with Gasteiger partial charge in [0, 0.05) is 11.5 Å². The summed E-state index contributed by atoms with van der Waals surface area (Å²) < 4.78 is 7.02. The highest BCUT2D eigenvalue weighted by Crippen LogP contribution is 2.27. The van der Waals surface area contributed by atoms with E-state index in [1.54, 1.807) is 6.07 Å². The first kappa shape index (κ1) is 14.7. The van der Waals surface area contributed by atoms with Crippen LogP contribution in [0.1, 0.15) is 23.7 Å². The van der Waals surface area contributed by atoms with E-state index >= 15 is 0 Å². The van der Waals surface area contributed by atoms with E-state index in [0.29, 0.717) is 23.3 Å². The maximum absolute atomic E-state index is 12.0. The van der Waals surface area contributed by atoms with Crippen LogP contribution in [0.15, 0.2) is 29.1 Å². The predicted octanol–water partition coefficient (Wildman–Crippen LogP) is 2.12. The quantitative estimate of drug-likeness (QED) is 0.854. The number of aromatic carboxylic acids is 1. The van der Waals surface area contributed by atoms with Crippen LogP contribution in [0.2, 0.25) is 0 Å². The lowest BCUT2D eigenvalue weighted by atomic mass is 10.1. The minimum Gasteiger partial charge on any atom is -0.491 e. The molecule has 0 radical (unpaired) electrons. The van der Waals surface area contributed by atoms with Crippen molar-refractivity contribution in [1.29, 1.82) is 0 Å². The SMILES string of the molecule is C#CCn1c(=O)ccc2cc(C(=O)O)cc(OCCC)c21. The summed E-state index contributed by atoms with van der Waals surface area (Å²) in [5.41, 5.74) is 0.392. The zero-order valence-corrected chi connectivity index (χ0v) is 11.6. The molecule has 1 N–H and O–H groups in total. The fourth-order valence-electron chi connectivity index (χ4n) is 2.10. The second-order valence-corrected chi connectivity index (χ2v) is 4.53. The van der Waals surface area contributed by atoms with Crippen molar-refractivity contribution in [3.63, 3.8) is 0 Å². The maximum atomic E-state index is 12.0. The average molecular weight is 285 g/mol. The van der Waals surface area contributed by atoms with Crippen molar-refractivity contribution in [1.82, 2.24) is 4.57 Å². The highest BCUT2D eigenvalue weighted by atomic mass is 16.5. The molecule has 0 atom stereocenters. The molecule has 1 heterocycles. The number of ether oxygens (including phenoxy) is 1. The number of benzene rings is 1. The van der Waals surface area contributed by atoms with Gasteiger partial charge in [0.05, 0.1) is 24.2 Å². The number of hydrogen-bond donors (Lipinski definition) is 1. The Morgan fingerprint density at radius 3 is 2.81 bits per heavy atom. The lowest BCUT2D eigenvalue weighted by Crippen LogP contribution is -2.19. The molecule has 21 heavy (non-hydrogen) atoms. The zero-order valence-electron chi connectivity index (χ0n) is 11.6. The van der Waals surface area contributed by atoms with Gasteiger partial charge in [-0.1, -0.05) is 12.8 Å². The normalized spacial score (nSPS) is 10.3. The molecule has 0 saturated heterocycles. The van der Waals surface area contributed by atoms with Gasteiger partial charge < -0.3 is 9.84 Å². The van der Waals surface area contributed by atoms with E-state index in [4.69, 9.17) is 16.3 Å². The topological polar surface area (TPSA) is 68.5 Å². The van der Waals surface area contributed by atoms with Crippen LogP contribution in [0.3, 0.4) is 0 Å². The lowest BCUT2D eigenvalue weighted by Gasteiger charge is -2.14. The summed E-state index contributed by atoms with van der Waals surface area (Å²) in [6.45, 7) is 2.47. The fraction of sp³-hybridized carbons (Fsp3) is 0.250. The predicted molar refractivity (Wildman–Crippen MR) is 79.8 cm³/mol. The van der Waals surface area contributed by atoms with Crippen molar-refractivity contribution in [2.75, 3.05) is 6.61 Å². The van der Waals surface area contributed by atoms with E-state index in [2.05, 4.69) is 5.92 Å². The second-order valence-electron chi connectivity index (χ2n) is 4.53. The molecule has 0 aliphatic heterocycles. The lowest BCUT2D eigenvalue weighted by molar-refractivity contribution is 0.0696. The summed E-state index contributed by atoms with van der Waals surface area (Å²) in [4.78, 5) is 23.2. The number of aromatic nitrogens is 1. The number of terminal acetylenes is 1. The zero-order chi connectivity index (χ0) is 15.4. The van der Waals surface area contributed by atoms with Gasteiger partial charge in [-0.15, -0.1) is 6.42 Å². The third-order valence-corrected chi connectivity index (χ3v) is 3.00. The van der Waals surface area contributed by atoms with E-state index in [-0.39, 0.29) is 17.7 Å². The van der Waals surface area contributed by atoms with E-state index in [1.807, 2.05) is 6.92 Å². The number of carboxylic acids is 1. The van der Waals surface area contributed by atoms with Crippen molar-refractivity contribution in [3.8, 4) is 18.1 Å². The number of carboxylic acid groups (broad SMARTS) is 1. The summed E-state index contributed by atoms with van der Waals surface area (Å²) in [5.74, 6) is 1.74. The molecule has 0 unspecified atom stereocenters.